The van der Waals surface area contributed by atoms with Gasteiger partial charge in [-0.15, -0.1) is 0 Å². The van der Waals surface area contributed by atoms with Gasteiger partial charge in [-0.2, -0.15) is 0 Å². The molecule has 1 aliphatic carbocycles. The first-order valence-electron chi connectivity index (χ1n) is 8.46. The van der Waals surface area contributed by atoms with Crippen molar-refractivity contribution in [3.63, 3.8) is 0 Å². The maximum Gasteiger partial charge on any atom is 0.326 e. The number of hydrogen-bond acceptors (Lipinski definition) is 7. The summed E-state index contributed by atoms with van der Waals surface area (Å²) in [5.74, 6) is -1.29. The third kappa shape index (κ3) is 4.88. The molecule has 0 saturated carbocycles. The number of nitrogens with one attached hydrogen (secondary N) is 1. The number of hydrogen-bond donors (Lipinski definition) is 3. The molecule has 0 radical (unpaired) electrons. The van der Waals surface area contributed by atoms with Crippen LogP contribution >= 0.6 is 0 Å². The topological polar surface area (TPSA) is 137 Å². The normalized spacial score (nSPS) is 17.0. The van der Waals surface area contributed by atoms with Gasteiger partial charge < -0.3 is 24.6 Å². The second-order valence-corrected chi connectivity index (χ2v) is 6.30. The Morgan fingerprint density at radius 2 is 1.89 bits per heavy atom. The minimum Gasteiger partial charge on any atom is -0.493 e. The highest BCUT2D eigenvalue weighted by molar-refractivity contribution is 5.82. The van der Waals surface area contributed by atoms with Crippen LogP contribution in [0.2, 0.25) is 0 Å². The van der Waals surface area contributed by atoms with Crippen LogP contribution in [-0.4, -0.2) is 49.4 Å². The third-order valence-corrected chi connectivity index (χ3v) is 4.46. The maximum absolute atomic E-state index is 12.0. The lowest BCUT2D eigenvalue weighted by Crippen LogP contribution is -2.41. The molecule has 4 N–H and O–H groups in total. The van der Waals surface area contributed by atoms with Crippen LogP contribution in [0, 0.1) is 0 Å². The van der Waals surface area contributed by atoms with Crippen molar-refractivity contribution in [3.8, 4) is 11.5 Å². The first-order chi connectivity index (χ1) is 12.8. The van der Waals surface area contributed by atoms with E-state index in [-0.39, 0.29) is 18.8 Å². The third-order valence-electron chi connectivity index (χ3n) is 4.46. The molecule has 27 heavy (non-hydrogen) atoms. The summed E-state index contributed by atoms with van der Waals surface area (Å²) >= 11 is 0. The number of aliphatic carboxylic acids is 1. The van der Waals surface area contributed by atoms with E-state index in [1.165, 1.54) is 14.0 Å². The molecule has 0 spiro atoms. The summed E-state index contributed by atoms with van der Waals surface area (Å²) in [4.78, 5) is 34.1. The minimum absolute atomic E-state index is 0.0766. The Bertz CT molecular complexity index is 735. The predicted molar refractivity (Wildman–Crippen MR) is 94.5 cm³/mol. The van der Waals surface area contributed by atoms with Gasteiger partial charge in [0.15, 0.2) is 17.7 Å². The number of carbonyl (C=O) groups excluding carboxylic acids is 2. The van der Waals surface area contributed by atoms with Crippen molar-refractivity contribution in [2.75, 3.05) is 14.2 Å². The molecule has 0 heterocycles. The number of carboxylic acids is 1. The molecular weight excluding hydrogens is 356 g/mol. The zero-order valence-electron chi connectivity index (χ0n) is 15.5. The number of rotatable bonds is 9. The van der Waals surface area contributed by atoms with Crippen molar-refractivity contribution in [3.05, 3.63) is 23.3 Å². The lowest BCUT2D eigenvalue weighted by molar-refractivity contribution is -0.151. The highest BCUT2D eigenvalue weighted by Gasteiger charge is 2.35. The molecule has 3 atom stereocenters. The van der Waals surface area contributed by atoms with E-state index in [1.54, 1.807) is 7.11 Å². The van der Waals surface area contributed by atoms with Crippen molar-refractivity contribution in [2.24, 2.45) is 5.73 Å². The number of carbonyl (C=O) groups is 3. The minimum atomic E-state index is -1.21. The summed E-state index contributed by atoms with van der Waals surface area (Å²) < 4.78 is 15.8. The molecule has 0 aromatic heterocycles. The van der Waals surface area contributed by atoms with Gasteiger partial charge in [-0.3, -0.25) is 15.3 Å². The van der Waals surface area contributed by atoms with Gasteiger partial charge in [0, 0.05) is 19.3 Å². The van der Waals surface area contributed by atoms with Crippen molar-refractivity contribution in [2.45, 2.75) is 44.4 Å². The monoisotopic (exact) mass is 380 g/mol. The quantitative estimate of drug-likeness (QED) is 0.417. The Morgan fingerprint density at radius 1 is 1.26 bits per heavy atom. The zero-order chi connectivity index (χ0) is 20.1. The molecule has 1 amide bonds. The van der Waals surface area contributed by atoms with Gasteiger partial charge in [-0.05, 0) is 36.1 Å². The van der Waals surface area contributed by atoms with Crippen LogP contribution in [0.1, 0.15) is 36.8 Å². The molecule has 2 rings (SSSR count). The highest BCUT2D eigenvalue weighted by atomic mass is 16.6. The van der Waals surface area contributed by atoms with Gasteiger partial charge in [-0.1, -0.05) is 0 Å². The van der Waals surface area contributed by atoms with Crippen molar-refractivity contribution in [1.29, 1.82) is 0 Å². The Kier molecular flexibility index (Phi) is 6.62. The number of esters is 1. The number of fused-ring (bicyclic) bond motifs is 1. The van der Waals surface area contributed by atoms with Gasteiger partial charge in [0.05, 0.1) is 14.2 Å². The standard InChI is InChI=1S/C18H24N2O7/c1-9(21)20-13(18(23)24)4-5-16(22)27-17(19)12-6-10-7-14(25-2)15(26-3)8-11(10)12/h7-8,12-13,17H,4-6,19H2,1-3H3,(H,20,21)(H,23,24)/t12?,13-,17?/m0/s1. The van der Waals surface area contributed by atoms with E-state index in [0.29, 0.717) is 17.9 Å². The van der Waals surface area contributed by atoms with Gasteiger partial charge in [0.25, 0.3) is 0 Å². The van der Waals surface area contributed by atoms with Crippen LogP contribution in [0.25, 0.3) is 0 Å². The first-order valence-corrected chi connectivity index (χ1v) is 8.46. The average molecular weight is 380 g/mol. The summed E-state index contributed by atoms with van der Waals surface area (Å²) in [5.41, 5.74) is 7.97. The summed E-state index contributed by atoms with van der Waals surface area (Å²) in [7, 11) is 3.09. The van der Waals surface area contributed by atoms with Gasteiger partial charge in [0.2, 0.25) is 5.91 Å². The lowest BCUT2D eigenvalue weighted by atomic mass is 9.76. The van der Waals surface area contributed by atoms with Crippen LogP contribution in [-0.2, 0) is 25.5 Å². The van der Waals surface area contributed by atoms with Crippen molar-refractivity contribution < 1.29 is 33.7 Å². The molecule has 0 saturated heterocycles. The summed E-state index contributed by atoms with van der Waals surface area (Å²) in [6.07, 6.45) is -0.469. The Morgan fingerprint density at radius 3 is 2.44 bits per heavy atom. The van der Waals surface area contributed by atoms with E-state index in [0.717, 1.165) is 11.1 Å². The van der Waals surface area contributed by atoms with E-state index in [4.69, 9.17) is 25.1 Å². The van der Waals surface area contributed by atoms with Crippen LogP contribution in [0.4, 0.5) is 0 Å². The molecule has 9 heteroatoms. The molecule has 9 nitrogen and oxygen atoms in total. The smallest absolute Gasteiger partial charge is 0.326 e. The number of methoxy groups -OCH3 is 2. The molecule has 1 aliphatic rings. The van der Waals surface area contributed by atoms with Crippen LogP contribution in [0.3, 0.4) is 0 Å². The molecule has 0 aliphatic heterocycles. The Labute approximate surface area is 156 Å². The predicted octanol–water partition coefficient (Wildman–Crippen LogP) is 0.541. The van der Waals surface area contributed by atoms with Crippen molar-refractivity contribution in [1.82, 2.24) is 5.32 Å². The highest BCUT2D eigenvalue weighted by Crippen LogP contribution is 2.43. The second kappa shape index (κ2) is 8.72. The fourth-order valence-electron chi connectivity index (χ4n) is 3.03. The van der Waals surface area contributed by atoms with E-state index in [2.05, 4.69) is 5.32 Å². The van der Waals surface area contributed by atoms with E-state index in [9.17, 15) is 14.4 Å². The largest absolute Gasteiger partial charge is 0.493 e. The number of carboxylic acid groups (broad SMARTS) is 1. The van der Waals surface area contributed by atoms with Gasteiger partial charge in [0.1, 0.15) is 6.04 Å². The number of nitrogens with two attached hydrogens (primary N) is 1. The Balaban J connectivity index is 1.92. The average Bonchev–Trinajstić information content (AvgIpc) is 2.58. The molecule has 1 aromatic rings. The fourth-order valence-corrected chi connectivity index (χ4v) is 3.03. The number of amides is 1. The number of ether oxygens (including phenoxy) is 3. The van der Waals surface area contributed by atoms with Gasteiger partial charge >= 0.3 is 11.9 Å². The van der Waals surface area contributed by atoms with E-state index < -0.39 is 30.1 Å². The van der Waals surface area contributed by atoms with Crippen LogP contribution < -0.4 is 20.5 Å². The first kappa shape index (κ1) is 20.5. The molecule has 0 fully saturated rings. The van der Waals surface area contributed by atoms with E-state index >= 15 is 0 Å². The SMILES string of the molecule is COc1cc2c(cc1OC)C(C(N)OC(=O)CC[C@H](NC(C)=O)C(=O)O)C2. The molecule has 1 aromatic carbocycles. The van der Waals surface area contributed by atoms with Gasteiger partial charge in [-0.25, -0.2) is 4.79 Å². The van der Waals surface area contributed by atoms with E-state index in [1.807, 2.05) is 12.1 Å². The van der Waals surface area contributed by atoms with Crippen molar-refractivity contribution >= 4 is 17.8 Å². The number of benzene rings is 1. The maximum atomic E-state index is 12.0. The van der Waals surface area contributed by atoms with Crippen LogP contribution in [0.5, 0.6) is 11.5 Å². The Hall–Kier alpha value is -2.81. The van der Waals surface area contributed by atoms with Crippen LogP contribution in [0.15, 0.2) is 12.1 Å². The molecular formula is C18H24N2O7. The molecule has 2 unspecified atom stereocenters. The lowest BCUT2D eigenvalue weighted by Gasteiger charge is -2.34. The second-order valence-electron chi connectivity index (χ2n) is 6.30. The fraction of sp³-hybridized carbons (Fsp3) is 0.500. The molecule has 148 valence electrons. The molecule has 0 bridgehead atoms. The summed E-state index contributed by atoms with van der Waals surface area (Å²) in [6, 6.07) is 2.53. The summed E-state index contributed by atoms with van der Waals surface area (Å²) in [6.45, 7) is 1.21. The zero-order valence-corrected chi connectivity index (χ0v) is 15.5. The summed E-state index contributed by atoms with van der Waals surface area (Å²) in [5, 5.41) is 11.3.